The van der Waals surface area contributed by atoms with Crippen LogP contribution in [0.5, 0.6) is 11.5 Å². The molecule has 0 radical (unpaired) electrons. The number of hydrogen-bond acceptors (Lipinski definition) is 4. The van der Waals surface area contributed by atoms with E-state index in [0.717, 1.165) is 11.3 Å². The van der Waals surface area contributed by atoms with Crippen LogP contribution in [0, 0.1) is 0 Å². The Morgan fingerprint density at radius 2 is 1.79 bits per heavy atom. The molecule has 5 nitrogen and oxygen atoms in total. The van der Waals surface area contributed by atoms with Crippen molar-refractivity contribution in [3.8, 4) is 11.5 Å². The molecule has 2 aromatic rings. The number of aromatic hydroxyl groups is 2. The van der Waals surface area contributed by atoms with Crippen molar-refractivity contribution in [2.24, 2.45) is 7.05 Å². The third-order valence-corrected chi connectivity index (χ3v) is 2.89. The Morgan fingerprint density at radius 1 is 1.16 bits per heavy atom. The highest BCUT2D eigenvalue weighted by atomic mass is 16.3. The Labute approximate surface area is 110 Å². The number of benzene rings is 1. The van der Waals surface area contributed by atoms with Crippen LogP contribution in [-0.2, 0) is 7.05 Å². The zero-order chi connectivity index (χ0) is 14.0. The SMILES string of the molecule is CC(Nc1ccc(=O)n(C)c1)c1cc(O)cc(O)c1. The molecule has 0 aliphatic rings. The molecule has 0 aliphatic heterocycles. The molecule has 0 aliphatic carbocycles. The average Bonchev–Trinajstić information content (AvgIpc) is 2.32. The van der Waals surface area contributed by atoms with Gasteiger partial charge in [0.1, 0.15) is 11.5 Å². The average molecular weight is 260 g/mol. The molecular formula is C14H16N2O3. The van der Waals surface area contributed by atoms with Gasteiger partial charge in [-0.15, -0.1) is 0 Å². The molecule has 0 amide bonds. The first-order valence-electron chi connectivity index (χ1n) is 5.92. The fourth-order valence-electron chi connectivity index (χ4n) is 1.88. The third-order valence-electron chi connectivity index (χ3n) is 2.89. The van der Waals surface area contributed by atoms with Gasteiger partial charge in [-0.25, -0.2) is 0 Å². The molecule has 0 fully saturated rings. The molecule has 100 valence electrons. The lowest BCUT2D eigenvalue weighted by Crippen LogP contribution is -2.16. The summed E-state index contributed by atoms with van der Waals surface area (Å²) in [6.07, 6.45) is 1.70. The standard InChI is InChI=1S/C14H16N2O3/c1-9(10-5-12(17)7-13(18)6-10)15-11-3-4-14(19)16(2)8-11/h3-9,15,17-18H,1-2H3. The molecule has 0 saturated carbocycles. The predicted molar refractivity (Wildman–Crippen MR) is 73.5 cm³/mol. The van der Waals surface area contributed by atoms with Gasteiger partial charge in [0.2, 0.25) is 5.56 Å². The molecule has 1 atom stereocenters. The van der Waals surface area contributed by atoms with Crippen LogP contribution in [0.3, 0.4) is 0 Å². The first-order chi connectivity index (χ1) is 8.95. The maximum atomic E-state index is 11.3. The predicted octanol–water partition coefficient (Wildman–Crippen LogP) is 1.97. The van der Waals surface area contributed by atoms with E-state index in [1.54, 1.807) is 31.4 Å². The molecule has 2 rings (SSSR count). The maximum Gasteiger partial charge on any atom is 0.250 e. The van der Waals surface area contributed by atoms with Gasteiger partial charge in [-0.2, -0.15) is 0 Å². The Bertz CT molecular complexity index is 629. The van der Waals surface area contributed by atoms with Crippen LogP contribution in [0.4, 0.5) is 5.69 Å². The highest BCUT2D eigenvalue weighted by Crippen LogP contribution is 2.26. The summed E-state index contributed by atoms with van der Waals surface area (Å²) < 4.78 is 1.48. The summed E-state index contributed by atoms with van der Waals surface area (Å²) in [7, 11) is 1.68. The normalized spacial score (nSPS) is 12.1. The van der Waals surface area contributed by atoms with Crippen LogP contribution < -0.4 is 10.9 Å². The zero-order valence-electron chi connectivity index (χ0n) is 10.8. The second-order valence-corrected chi connectivity index (χ2v) is 4.52. The van der Waals surface area contributed by atoms with Gasteiger partial charge >= 0.3 is 0 Å². The molecule has 0 saturated heterocycles. The molecular weight excluding hydrogens is 244 g/mol. The van der Waals surface area contributed by atoms with Crippen molar-refractivity contribution >= 4 is 5.69 Å². The van der Waals surface area contributed by atoms with Crippen molar-refractivity contribution < 1.29 is 10.2 Å². The third kappa shape index (κ3) is 3.07. The highest BCUT2D eigenvalue weighted by molar-refractivity contribution is 5.45. The Balaban J connectivity index is 2.22. The minimum Gasteiger partial charge on any atom is -0.508 e. The topological polar surface area (TPSA) is 74.5 Å². The van der Waals surface area contributed by atoms with E-state index in [4.69, 9.17) is 0 Å². The van der Waals surface area contributed by atoms with Gasteiger partial charge < -0.3 is 20.1 Å². The van der Waals surface area contributed by atoms with Crippen LogP contribution in [0.2, 0.25) is 0 Å². The molecule has 1 aromatic carbocycles. The van der Waals surface area contributed by atoms with Crippen molar-refractivity contribution in [2.45, 2.75) is 13.0 Å². The van der Waals surface area contributed by atoms with E-state index < -0.39 is 0 Å². The van der Waals surface area contributed by atoms with Crippen LogP contribution in [-0.4, -0.2) is 14.8 Å². The van der Waals surface area contributed by atoms with Crippen LogP contribution in [0.15, 0.2) is 41.3 Å². The van der Waals surface area contributed by atoms with E-state index >= 15 is 0 Å². The molecule has 5 heteroatoms. The quantitative estimate of drug-likeness (QED) is 0.788. The van der Waals surface area contributed by atoms with Gasteiger partial charge in [0.15, 0.2) is 0 Å². The fraction of sp³-hybridized carbons (Fsp3) is 0.214. The van der Waals surface area contributed by atoms with Gasteiger partial charge in [0.05, 0.1) is 5.69 Å². The summed E-state index contributed by atoms with van der Waals surface area (Å²) in [5.41, 5.74) is 1.47. The first-order valence-corrected chi connectivity index (χ1v) is 5.92. The van der Waals surface area contributed by atoms with Gasteiger partial charge in [-0.1, -0.05) is 0 Å². The largest absolute Gasteiger partial charge is 0.508 e. The number of nitrogens with one attached hydrogen (secondary N) is 1. The Morgan fingerprint density at radius 3 is 2.37 bits per heavy atom. The Hall–Kier alpha value is -2.43. The van der Waals surface area contributed by atoms with Crippen LogP contribution in [0.25, 0.3) is 0 Å². The van der Waals surface area contributed by atoms with E-state index in [2.05, 4.69) is 5.32 Å². The van der Waals surface area contributed by atoms with Crippen LogP contribution in [0.1, 0.15) is 18.5 Å². The lowest BCUT2D eigenvalue weighted by atomic mass is 10.1. The van der Waals surface area contributed by atoms with E-state index in [1.807, 2.05) is 6.92 Å². The minimum absolute atomic E-state index is 0.0177. The van der Waals surface area contributed by atoms with Gasteiger partial charge in [0, 0.05) is 31.4 Å². The highest BCUT2D eigenvalue weighted by Gasteiger charge is 2.08. The fourth-order valence-corrected chi connectivity index (χ4v) is 1.88. The lowest BCUT2D eigenvalue weighted by Gasteiger charge is -2.16. The second-order valence-electron chi connectivity index (χ2n) is 4.52. The number of nitrogens with zero attached hydrogens (tertiary/aromatic N) is 1. The van der Waals surface area contributed by atoms with Gasteiger partial charge in [-0.05, 0) is 30.7 Å². The molecule has 0 bridgehead atoms. The number of phenolic OH excluding ortho intramolecular Hbond substituents is 2. The number of pyridine rings is 1. The summed E-state index contributed by atoms with van der Waals surface area (Å²) in [5, 5.41) is 22.1. The van der Waals surface area contributed by atoms with Crippen molar-refractivity contribution in [1.82, 2.24) is 4.57 Å². The summed E-state index contributed by atoms with van der Waals surface area (Å²) in [6, 6.07) is 7.51. The monoisotopic (exact) mass is 260 g/mol. The molecule has 3 N–H and O–H groups in total. The van der Waals surface area contributed by atoms with Gasteiger partial charge in [0.25, 0.3) is 0 Å². The van der Waals surface area contributed by atoms with E-state index in [-0.39, 0.29) is 23.1 Å². The van der Waals surface area contributed by atoms with E-state index in [9.17, 15) is 15.0 Å². The van der Waals surface area contributed by atoms with Crippen LogP contribution >= 0.6 is 0 Å². The number of aromatic nitrogens is 1. The summed E-state index contributed by atoms with van der Waals surface area (Å²) >= 11 is 0. The number of hydrogen-bond donors (Lipinski definition) is 3. The minimum atomic E-state index is -0.115. The number of anilines is 1. The molecule has 0 spiro atoms. The summed E-state index contributed by atoms with van der Waals surface area (Å²) in [6.45, 7) is 1.90. The van der Waals surface area contributed by atoms with E-state index in [0.29, 0.717) is 0 Å². The molecule has 1 unspecified atom stereocenters. The zero-order valence-corrected chi connectivity index (χ0v) is 10.8. The lowest BCUT2D eigenvalue weighted by molar-refractivity contribution is 0.448. The second kappa shape index (κ2) is 5.06. The Kier molecular flexibility index (Phi) is 3.46. The number of phenols is 2. The smallest absolute Gasteiger partial charge is 0.250 e. The van der Waals surface area contributed by atoms with Crippen molar-refractivity contribution in [3.63, 3.8) is 0 Å². The van der Waals surface area contributed by atoms with Crippen molar-refractivity contribution in [2.75, 3.05) is 5.32 Å². The molecule has 1 heterocycles. The summed E-state index contributed by atoms with van der Waals surface area (Å²) in [5.74, 6) is 0.0354. The number of rotatable bonds is 3. The van der Waals surface area contributed by atoms with Gasteiger partial charge in [-0.3, -0.25) is 4.79 Å². The van der Waals surface area contributed by atoms with E-state index in [1.165, 1.54) is 16.7 Å². The first kappa shape index (κ1) is 13.0. The maximum absolute atomic E-state index is 11.3. The molecule has 19 heavy (non-hydrogen) atoms. The molecule has 1 aromatic heterocycles. The summed E-state index contributed by atoms with van der Waals surface area (Å²) in [4.78, 5) is 11.3. The number of aryl methyl sites for hydroxylation is 1. The van der Waals surface area contributed by atoms with Crippen molar-refractivity contribution in [3.05, 3.63) is 52.4 Å². The van der Waals surface area contributed by atoms with Crippen molar-refractivity contribution in [1.29, 1.82) is 0 Å².